The van der Waals surface area contributed by atoms with Crippen LogP contribution in [-0.2, 0) is 0 Å². The van der Waals surface area contributed by atoms with Crippen molar-refractivity contribution in [3.8, 4) is 6.07 Å². The second-order valence-electron chi connectivity index (χ2n) is 4.95. The van der Waals surface area contributed by atoms with Crippen LogP contribution in [0.3, 0.4) is 0 Å². The minimum atomic E-state index is -1.25. The van der Waals surface area contributed by atoms with Crippen molar-refractivity contribution in [2.45, 2.75) is 6.10 Å². The maximum absolute atomic E-state index is 13.5. The maximum Gasteiger partial charge on any atom is 0.131 e. The van der Waals surface area contributed by atoms with Gasteiger partial charge < -0.3 is 10.4 Å². The van der Waals surface area contributed by atoms with E-state index in [9.17, 15) is 13.9 Å². The highest BCUT2D eigenvalue weighted by molar-refractivity contribution is 5.51. The molecule has 0 aliphatic carbocycles. The molecule has 1 atom stereocenters. The molecule has 118 valence electrons. The second-order valence-corrected chi connectivity index (χ2v) is 4.95. The zero-order valence-corrected chi connectivity index (χ0v) is 12.3. The zero-order chi connectivity index (χ0) is 16.7. The number of benzene rings is 2. The Labute approximate surface area is 133 Å². The molecule has 2 N–H and O–H groups in total. The lowest BCUT2D eigenvalue weighted by atomic mass is 10.1. The Bertz CT molecular complexity index is 701. The van der Waals surface area contributed by atoms with Gasteiger partial charge >= 0.3 is 0 Å². The van der Waals surface area contributed by atoms with Gasteiger partial charge in [-0.3, -0.25) is 0 Å². The fraction of sp³-hybridized carbons (Fsp3) is 0.167. The van der Waals surface area contributed by atoms with Crippen LogP contribution in [0.2, 0.25) is 0 Å². The van der Waals surface area contributed by atoms with Crippen molar-refractivity contribution in [1.29, 1.82) is 5.26 Å². The van der Waals surface area contributed by atoms with Crippen molar-refractivity contribution in [2.24, 2.45) is 0 Å². The summed E-state index contributed by atoms with van der Waals surface area (Å²) in [5, 5.41) is 21.5. The molecule has 2 aromatic carbocycles. The van der Waals surface area contributed by atoms with E-state index < -0.39 is 17.7 Å². The minimum absolute atomic E-state index is 0.0373. The Morgan fingerprint density at radius 3 is 2.39 bits per heavy atom. The molecule has 23 heavy (non-hydrogen) atoms. The number of hydrogen-bond acceptors (Lipinski definition) is 3. The molecule has 2 aromatic rings. The first-order valence-corrected chi connectivity index (χ1v) is 7.11. The first-order valence-electron chi connectivity index (χ1n) is 7.11. The van der Waals surface area contributed by atoms with E-state index in [0.717, 1.165) is 17.7 Å². The first-order chi connectivity index (χ1) is 11.1. The molecule has 1 unspecified atom stereocenters. The average Bonchev–Trinajstić information content (AvgIpc) is 2.55. The minimum Gasteiger partial charge on any atom is -0.387 e. The lowest BCUT2D eigenvalue weighted by Crippen LogP contribution is -2.22. The number of nitrogens with one attached hydrogen (secondary N) is 1. The van der Waals surface area contributed by atoms with Gasteiger partial charge in [-0.05, 0) is 29.8 Å². The number of halogens is 2. The van der Waals surface area contributed by atoms with Crippen LogP contribution in [-0.4, -0.2) is 18.2 Å². The molecule has 0 spiro atoms. The molecule has 0 aliphatic rings. The van der Waals surface area contributed by atoms with Gasteiger partial charge in [0, 0.05) is 13.1 Å². The van der Waals surface area contributed by atoms with Gasteiger partial charge in [0.15, 0.2) is 0 Å². The monoisotopic (exact) mass is 314 g/mol. The van der Waals surface area contributed by atoms with Gasteiger partial charge in [-0.1, -0.05) is 30.4 Å². The Hall–Kier alpha value is -2.55. The molecule has 3 nitrogen and oxygen atoms in total. The highest BCUT2D eigenvalue weighted by Gasteiger charge is 2.16. The molecule has 0 heterocycles. The van der Waals surface area contributed by atoms with E-state index in [4.69, 9.17) is 5.26 Å². The smallest absolute Gasteiger partial charge is 0.131 e. The molecular formula is C18H16F2N2O. The summed E-state index contributed by atoms with van der Waals surface area (Å²) in [6, 6.07) is 12.6. The van der Waals surface area contributed by atoms with E-state index in [1.807, 2.05) is 30.4 Å². The molecule has 0 fully saturated rings. The Morgan fingerprint density at radius 1 is 1.13 bits per heavy atom. The van der Waals surface area contributed by atoms with Gasteiger partial charge in [0.2, 0.25) is 0 Å². The zero-order valence-electron chi connectivity index (χ0n) is 12.3. The van der Waals surface area contributed by atoms with E-state index >= 15 is 0 Å². The summed E-state index contributed by atoms with van der Waals surface area (Å²) in [7, 11) is 0. The predicted octanol–water partition coefficient (Wildman–Crippen LogP) is 3.17. The SMILES string of the molecule is N#Cc1ccc(/C=C/CNCC(O)c2c(F)cccc2F)cc1. The van der Waals surface area contributed by atoms with E-state index in [0.29, 0.717) is 12.1 Å². The van der Waals surface area contributed by atoms with Crippen molar-refractivity contribution < 1.29 is 13.9 Å². The molecule has 5 heteroatoms. The van der Waals surface area contributed by atoms with Gasteiger partial charge in [-0.25, -0.2) is 8.78 Å². The third-order valence-corrected chi connectivity index (χ3v) is 3.28. The summed E-state index contributed by atoms with van der Waals surface area (Å²) in [5.74, 6) is -1.51. The van der Waals surface area contributed by atoms with Gasteiger partial charge in [0.05, 0.1) is 23.3 Å². The van der Waals surface area contributed by atoms with Crippen molar-refractivity contribution in [2.75, 3.05) is 13.1 Å². The van der Waals surface area contributed by atoms with Gasteiger partial charge in [0.1, 0.15) is 11.6 Å². The Kier molecular flexibility index (Phi) is 5.98. The summed E-state index contributed by atoms with van der Waals surface area (Å²) in [6.07, 6.45) is 2.43. The predicted molar refractivity (Wildman–Crippen MR) is 84.4 cm³/mol. The van der Waals surface area contributed by atoms with E-state index in [2.05, 4.69) is 5.32 Å². The highest BCUT2D eigenvalue weighted by Crippen LogP contribution is 2.19. The van der Waals surface area contributed by atoms with Crippen LogP contribution in [0, 0.1) is 23.0 Å². The molecule has 2 rings (SSSR count). The van der Waals surface area contributed by atoms with Crippen LogP contribution < -0.4 is 5.32 Å². The van der Waals surface area contributed by atoms with Gasteiger partial charge in [-0.15, -0.1) is 0 Å². The van der Waals surface area contributed by atoms with E-state index in [1.165, 1.54) is 6.07 Å². The summed E-state index contributed by atoms with van der Waals surface area (Å²) in [5.41, 5.74) is 1.21. The molecule has 0 radical (unpaired) electrons. The number of aliphatic hydroxyl groups is 1. The third kappa shape index (κ3) is 4.71. The third-order valence-electron chi connectivity index (χ3n) is 3.28. The average molecular weight is 314 g/mol. The molecular weight excluding hydrogens is 298 g/mol. The topological polar surface area (TPSA) is 56.0 Å². The standard InChI is InChI=1S/C18H16F2N2O/c19-15-4-1-5-16(20)18(15)17(23)12-22-10-2-3-13-6-8-14(11-21)9-7-13/h1-9,17,22-23H,10,12H2/b3-2+. The summed E-state index contributed by atoms with van der Waals surface area (Å²) in [4.78, 5) is 0. The van der Waals surface area contributed by atoms with Crippen molar-refractivity contribution in [3.63, 3.8) is 0 Å². The van der Waals surface area contributed by atoms with Gasteiger partial charge in [0.25, 0.3) is 0 Å². The number of aliphatic hydroxyl groups excluding tert-OH is 1. The summed E-state index contributed by atoms with van der Waals surface area (Å²) in [6.45, 7) is 0.475. The Balaban J connectivity index is 1.83. The Morgan fingerprint density at radius 2 is 1.78 bits per heavy atom. The quantitative estimate of drug-likeness (QED) is 0.805. The van der Waals surface area contributed by atoms with Crippen LogP contribution in [0.15, 0.2) is 48.5 Å². The normalized spacial score (nSPS) is 12.3. The number of hydrogen-bond donors (Lipinski definition) is 2. The van der Waals surface area contributed by atoms with E-state index in [1.54, 1.807) is 12.1 Å². The van der Waals surface area contributed by atoms with Crippen molar-refractivity contribution in [3.05, 3.63) is 76.9 Å². The largest absolute Gasteiger partial charge is 0.387 e. The number of rotatable bonds is 6. The molecule has 0 aliphatic heterocycles. The van der Waals surface area contributed by atoms with Crippen LogP contribution in [0.25, 0.3) is 6.08 Å². The van der Waals surface area contributed by atoms with E-state index in [-0.39, 0.29) is 12.1 Å². The first kappa shape index (κ1) is 16.8. The fourth-order valence-corrected chi connectivity index (χ4v) is 2.10. The lowest BCUT2D eigenvalue weighted by Gasteiger charge is -2.13. The summed E-state index contributed by atoms with van der Waals surface area (Å²) >= 11 is 0. The highest BCUT2D eigenvalue weighted by atomic mass is 19.1. The molecule has 0 amide bonds. The van der Waals surface area contributed by atoms with Crippen molar-refractivity contribution >= 4 is 6.08 Å². The van der Waals surface area contributed by atoms with Crippen LogP contribution >= 0.6 is 0 Å². The van der Waals surface area contributed by atoms with Crippen LogP contribution in [0.4, 0.5) is 8.78 Å². The fourth-order valence-electron chi connectivity index (χ4n) is 2.10. The maximum atomic E-state index is 13.5. The van der Waals surface area contributed by atoms with Crippen molar-refractivity contribution in [1.82, 2.24) is 5.32 Å². The second kappa shape index (κ2) is 8.18. The molecule has 0 aromatic heterocycles. The molecule has 0 bridgehead atoms. The molecule has 0 saturated carbocycles. The molecule has 0 saturated heterocycles. The number of nitrogens with zero attached hydrogens (tertiary/aromatic N) is 1. The number of nitriles is 1. The van der Waals surface area contributed by atoms with Crippen LogP contribution in [0.1, 0.15) is 22.8 Å². The lowest BCUT2D eigenvalue weighted by molar-refractivity contribution is 0.166. The van der Waals surface area contributed by atoms with Crippen LogP contribution in [0.5, 0.6) is 0 Å². The van der Waals surface area contributed by atoms with Gasteiger partial charge in [-0.2, -0.15) is 5.26 Å². The summed E-state index contributed by atoms with van der Waals surface area (Å²) < 4.78 is 27.0.